The molecule has 0 spiro atoms. The Hall–Kier alpha value is -2.05. The molecular weight excluding hydrogens is 334 g/mol. The lowest BCUT2D eigenvalue weighted by atomic mass is 10.2. The van der Waals surface area contributed by atoms with E-state index in [-0.39, 0.29) is 12.0 Å². The molecule has 1 aliphatic heterocycles. The molecule has 5 nitrogen and oxygen atoms in total. The molecule has 1 amide bonds. The van der Waals surface area contributed by atoms with Gasteiger partial charge in [-0.2, -0.15) is 0 Å². The fourth-order valence-electron chi connectivity index (χ4n) is 2.82. The second-order valence-corrected chi connectivity index (χ2v) is 7.07. The van der Waals surface area contributed by atoms with Crippen molar-refractivity contribution in [1.29, 1.82) is 0 Å². The standard InChI is InChI=1S/C19H23N3O2S/c1-15-12-22(13-16-6-2-3-7-17(16)24-15)11-10-20-18(23)14-25-19-8-4-5-9-21-19/h2-9,15H,10-14H2,1H3,(H,20,23). The average molecular weight is 357 g/mol. The SMILES string of the molecule is CC1CN(CCNC(=O)CSc2ccccn2)Cc2ccccc2O1. The van der Waals surface area contributed by atoms with Crippen LogP contribution in [0.3, 0.4) is 0 Å². The van der Waals surface area contributed by atoms with Gasteiger partial charge < -0.3 is 10.1 Å². The molecule has 3 rings (SSSR count). The summed E-state index contributed by atoms with van der Waals surface area (Å²) < 4.78 is 5.96. The summed E-state index contributed by atoms with van der Waals surface area (Å²) in [6, 6.07) is 13.9. The number of para-hydroxylation sites is 1. The Morgan fingerprint density at radius 2 is 2.16 bits per heavy atom. The molecule has 0 saturated carbocycles. The van der Waals surface area contributed by atoms with Gasteiger partial charge in [-0.3, -0.25) is 9.69 Å². The number of amides is 1. The van der Waals surface area contributed by atoms with Crippen LogP contribution in [-0.2, 0) is 11.3 Å². The predicted molar refractivity (Wildman–Crippen MR) is 99.8 cm³/mol. The maximum absolute atomic E-state index is 12.0. The Kier molecular flexibility index (Phi) is 6.30. The highest BCUT2D eigenvalue weighted by atomic mass is 32.2. The molecule has 1 aliphatic rings. The van der Waals surface area contributed by atoms with Crippen molar-refractivity contribution in [2.45, 2.75) is 24.6 Å². The predicted octanol–water partition coefficient (Wildman–Crippen LogP) is 2.57. The summed E-state index contributed by atoms with van der Waals surface area (Å²) in [7, 11) is 0. The molecule has 1 aromatic carbocycles. The minimum Gasteiger partial charge on any atom is -0.489 e. The Morgan fingerprint density at radius 1 is 1.32 bits per heavy atom. The number of hydrogen-bond donors (Lipinski definition) is 1. The lowest BCUT2D eigenvalue weighted by molar-refractivity contribution is -0.118. The van der Waals surface area contributed by atoms with Crippen LogP contribution < -0.4 is 10.1 Å². The van der Waals surface area contributed by atoms with E-state index in [1.54, 1.807) is 6.20 Å². The van der Waals surface area contributed by atoms with Gasteiger partial charge in [-0.1, -0.05) is 36.0 Å². The summed E-state index contributed by atoms with van der Waals surface area (Å²) >= 11 is 1.45. The Bertz CT molecular complexity index is 696. The molecule has 1 N–H and O–H groups in total. The highest BCUT2D eigenvalue weighted by Gasteiger charge is 2.19. The fourth-order valence-corrected chi connectivity index (χ4v) is 3.51. The van der Waals surface area contributed by atoms with Crippen LogP contribution >= 0.6 is 11.8 Å². The van der Waals surface area contributed by atoms with E-state index in [2.05, 4.69) is 28.2 Å². The van der Waals surface area contributed by atoms with Crippen molar-refractivity contribution in [1.82, 2.24) is 15.2 Å². The smallest absolute Gasteiger partial charge is 0.230 e. The monoisotopic (exact) mass is 357 g/mol. The van der Waals surface area contributed by atoms with Gasteiger partial charge >= 0.3 is 0 Å². The third kappa shape index (κ3) is 5.47. The van der Waals surface area contributed by atoms with Crippen molar-refractivity contribution in [2.75, 3.05) is 25.4 Å². The van der Waals surface area contributed by atoms with E-state index in [0.717, 1.165) is 30.4 Å². The minimum absolute atomic E-state index is 0.0372. The molecule has 0 radical (unpaired) electrons. The van der Waals surface area contributed by atoms with Gasteiger partial charge in [-0.05, 0) is 25.1 Å². The Balaban J connectivity index is 1.43. The number of thioether (sulfide) groups is 1. The quantitative estimate of drug-likeness (QED) is 0.806. The molecule has 132 valence electrons. The number of nitrogens with zero attached hydrogens (tertiary/aromatic N) is 2. The van der Waals surface area contributed by atoms with Crippen LogP contribution in [0.25, 0.3) is 0 Å². The number of pyridine rings is 1. The first-order valence-corrected chi connectivity index (χ1v) is 9.47. The summed E-state index contributed by atoms with van der Waals surface area (Å²) in [6.45, 7) is 5.22. The van der Waals surface area contributed by atoms with Crippen LogP contribution in [0, 0.1) is 0 Å². The zero-order valence-electron chi connectivity index (χ0n) is 14.4. The number of ether oxygens (including phenoxy) is 1. The number of benzene rings is 1. The molecule has 0 bridgehead atoms. The lowest BCUT2D eigenvalue weighted by Gasteiger charge is -2.21. The third-order valence-corrected chi connectivity index (χ3v) is 4.89. The van der Waals surface area contributed by atoms with Crippen LogP contribution in [0.5, 0.6) is 5.75 Å². The Morgan fingerprint density at radius 3 is 3.00 bits per heavy atom. The minimum atomic E-state index is 0.0372. The van der Waals surface area contributed by atoms with Crippen LogP contribution in [0.4, 0.5) is 0 Å². The van der Waals surface area contributed by atoms with Crippen molar-refractivity contribution < 1.29 is 9.53 Å². The van der Waals surface area contributed by atoms with Gasteiger partial charge in [0.1, 0.15) is 11.9 Å². The number of rotatable bonds is 6. The number of carbonyl (C=O) groups is 1. The molecule has 1 aromatic heterocycles. The number of hydrogen-bond acceptors (Lipinski definition) is 5. The Labute approximate surface area is 152 Å². The second kappa shape index (κ2) is 8.87. The molecule has 0 saturated heterocycles. The third-order valence-electron chi connectivity index (χ3n) is 3.95. The zero-order chi connectivity index (χ0) is 17.5. The second-order valence-electron chi connectivity index (χ2n) is 6.08. The van der Waals surface area contributed by atoms with Gasteiger partial charge in [-0.25, -0.2) is 4.98 Å². The number of nitrogens with one attached hydrogen (secondary N) is 1. The van der Waals surface area contributed by atoms with Crippen molar-refractivity contribution >= 4 is 17.7 Å². The van der Waals surface area contributed by atoms with Crippen LogP contribution in [-0.4, -0.2) is 47.3 Å². The van der Waals surface area contributed by atoms with Gasteiger partial charge in [-0.15, -0.1) is 0 Å². The summed E-state index contributed by atoms with van der Waals surface area (Å²) in [5.74, 6) is 1.39. The van der Waals surface area contributed by atoms with Crippen molar-refractivity contribution in [2.24, 2.45) is 0 Å². The van der Waals surface area contributed by atoms with Crippen molar-refractivity contribution in [3.8, 4) is 5.75 Å². The van der Waals surface area contributed by atoms with Gasteiger partial charge in [0.05, 0.1) is 10.8 Å². The first-order valence-electron chi connectivity index (χ1n) is 8.48. The fraction of sp³-hybridized carbons (Fsp3) is 0.368. The summed E-state index contributed by atoms with van der Waals surface area (Å²) in [6.07, 6.45) is 1.87. The number of fused-ring (bicyclic) bond motifs is 1. The van der Waals surface area contributed by atoms with E-state index in [9.17, 15) is 4.79 Å². The lowest BCUT2D eigenvalue weighted by Crippen LogP contribution is -2.38. The summed E-state index contributed by atoms with van der Waals surface area (Å²) in [5, 5.41) is 3.86. The molecule has 1 atom stereocenters. The van der Waals surface area contributed by atoms with Gasteiger partial charge in [0, 0.05) is 37.9 Å². The van der Waals surface area contributed by atoms with E-state index in [0.29, 0.717) is 12.3 Å². The largest absolute Gasteiger partial charge is 0.489 e. The molecule has 0 fully saturated rings. The van der Waals surface area contributed by atoms with Gasteiger partial charge in [0.15, 0.2) is 0 Å². The van der Waals surface area contributed by atoms with Gasteiger partial charge in [0.2, 0.25) is 5.91 Å². The van der Waals surface area contributed by atoms with Crippen LogP contribution in [0.2, 0.25) is 0 Å². The summed E-state index contributed by atoms with van der Waals surface area (Å²) in [5.41, 5.74) is 1.20. The molecule has 25 heavy (non-hydrogen) atoms. The normalized spacial score (nSPS) is 17.2. The number of carbonyl (C=O) groups excluding carboxylic acids is 1. The topological polar surface area (TPSA) is 54.5 Å². The van der Waals surface area contributed by atoms with Crippen molar-refractivity contribution in [3.63, 3.8) is 0 Å². The maximum atomic E-state index is 12.0. The molecule has 6 heteroatoms. The van der Waals surface area contributed by atoms with E-state index in [1.165, 1.54) is 17.3 Å². The average Bonchev–Trinajstić information content (AvgIpc) is 2.78. The molecule has 2 aromatic rings. The van der Waals surface area contributed by atoms with Crippen LogP contribution in [0.1, 0.15) is 12.5 Å². The highest BCUT2D eigenvalue weighted by Crippen LogP contribution is 2.24. The van der Waals surface area contributed by atoms with E-state index < -0.39 is 0 Å². The number of aromatic nitrogens is 1. The maximum Gasteiger partial charge on any atom is 0.230 e. The molecule has 0 aliphatic carbocycles. The van der Waals surface area contributed by atoms with Crippen molar-refractivity contribution in [3.05, 3.63) is 54.2 Å². The molecular formula is C19H23N3O2S. The van der Waals surface area contributed by atoms with E-state index >= 15 is 0 Å². The highest BCUT2D eigenvalue weighted by molar-refractivity contribution is 7.99. The van der Waals surface area contributed by atoms with E-state index in [1.807, 2.05) is 36.4 Å². The molecule has 2 heterocycles. The first-order chi connectivity index (χ1) is 12.2. The van der Waals surface area contributed by atoms with Gasteiger partial charge in [0.25, 0.3) is 0 Å². The first kappa shape index (κ1) is 17.8. The zero-order valence-corrected chi connectivity index (χ0v) is 15.2. The molecule has 1 unspecified atom stereocenters. The van der Waals surface area contributed by atoms with E-state index in [4.69, 9.17) is 4.74 Å². The van der Waals surface area contributed by atoms with Crippen LogP contribution in [0.15, 0.2) is 53.7 Å². The summed E-state index contributed by atoms with van der Waals surface area (Å²) in [4.78, 5) is 18.5.